The van der Waals surface area contributed by atoms with Gasteiger partial charge in [0.2, 0.25) is 5.75 Å². The minimum atomic E-state index is -0.179. The molecule has 6 heteroatoms. The lowest BCUT2D eigenvalue weighted by molar-refractivity contribution is 0.103. The number of ketones is 1. The number of nitrogens with zero attached hydrogens (tertiary/aromatic N) is 2. The average Bonchev–Trinajstić information content (AvgIpc) is 3.17. The number of rotatable bonds is 6. The van der Waals surface area contributed by atoms with Crippen molar-refractivity contribution in [3.63, 3.8) is 0 Å². The molecule has 1 heterocycles. The Bertz CT molecular complexity index is 862. The predicted octanol–water partition coefficient (Wildman–Crippen LogP) is 3.13. The molecule has 0 unspecified atom stereocenters. The van der Waals surface area contributed by atoms with Gasteiger partial charge >= 0.3 is 0 Å². The highest BCUT2D eigenvalue weighted by molar-refractivity contribution is 6.09. The number of aromatic nitrogens is 2. The fourth-order valence-corrected chi connectivity index (χ4v) is 2.54. The summed E-state index contributed by atoms with van der Waals surface area (Å²) >= 11 is 0. The Hall–Kier alpha value is -3.28. The van der Waals surface area contributed by atoms with Crippen molar-refractivity contribution in [3.8, 4) is 22.9 Å². The Balaban J connectivity index is 1.97. The standard InChI is InChI=1S/C19H18N2O4/c1-23-16-9-13(10-17(24-2)19(16)25-3)18(22)14-11-20-21(12-14)15-7-5-4-6-8-15/h4-12H,1-3H3. The van der Waals surface area contributed by atoms with E-state index in [9.17, 15) is 4.79 Å². The molecule has 0 N–H and O–H groups in total. The maximum absolute atomic E-state index is 12.8. The molecule has 0 saturated heterocycles. The van der Waals surface area contributed by atoms with Crippen LogP contribution in [0.1, 0.15) is 15.9 Å². The van der Waals surface area contributed by atoms with Crippen LogP contribution in [0.5, 0.6) is 17.2 Å². The van der Waals surface area contributed by atoms with Crippen molar-refractivity contribution in [3.05, 3.63) is 66.0 Å². The Morgan fingerprint density at radius 1 is 0.920 bits per heavy atom. The summed E-state index contributed by atoms with van der Waals surface area (Å²) in [6, 6.07) is 12.8. The van der Waals surface area contributed by atoms with Crippen LogP contribution in [0.4, 0.5) is 0 Å². The van der Waals surface area contributed by atoms with Crippen molar-refractivity contribution in [2.75, 3.05) is 21.3 Å². The largest absolute Gasteiger partial charge is 0.493 e. The van der Waals surface area contributed by atoms with Gasteiger partial charge in [-0.05, 0) is 24.3 Å². The number of hydrogen-bond donors (Lipinski definition) is 0. The highest BCUT2D eigenvalue weighted by Crippen LogP contribution is 2.38. The van der Waals surface area contributed by atoms with Gasteiger partial charge in [-0.25, -0.2) is 4.68 Å². The summed E-state index contributed by atoms with van der Waals surface area (Å²) in [5.74, 6) is 1.13. The van der Waals surface area contributed by atoms with E-state index < -0.39 is 0 Å². The van der Waals surface area contributed by atoms with Crippen molar-refractivity contribution in [1.82, 2.24) is 9.78 Å². The second kappa shape index (κ2) is 7.09. The van der Waals surface area contributed by atoms with Gasteiger partial charge in [0.25, 0.3) is 0 Å². The fourth-order valence-electron chi connectivity index (χ4n) is 2.54. The van der Waals surface area contributed by atoms with Gasteiger partial charge in [0, 0.05) is 11.8 Å². The van der Waals surface area contributed by atoms with E-state index in [2.05, 4.69) is 5.10 Å². The third-order valence-corrected chi connectivity index (χ3v) is 3.79. The van der Waals surface area contributed by atoms with Crippen molar-refractivity contribution in [2.24, 2.45) is 0 Å². The van der Waals surface area contributed by atoms with Gasteiger partial charge in [0.15, 0.2) is 17.3 Å². The van der Waals surface area contributed by atoms with Crippen LogP contribution in [0.15, 0.2) is 54.9 Å². The van der Waals surface area contributed by atoms with Crippen molar-refractivity contribution >= 4 is 5.78 Å². The number of hydrogen-bond acceptors (Lipinski definition) is 5. The zero-order chi connectivity index (χ0) is 17.8. The van der Waals surface area contributed by atoms with E-state index in [-0.39, 0.29) is 5.78 Å². The van der Waals surface area contributed by atoms with Crippen LogP contribution in [-0.4, -0.2) is 36.9 Å². The molecule has 0 aliphatic rings. The molecule has 3 rings (SSSR count). The van der Waals surface area contributed by atoms with Crippen LogP contribution in [0, 0.1) is 0 Å². The number of ether oxygens (including phenoxy) is 3. The number of para-hydroxylation sites is 1. The van der Waals surface area contributed by atoms with E-state index in [4.69, 9.17) is 14.2 Å². The second-order valence-corrected chi connectivity index (χ2v) is 5.25. The Morgan fingerprint density at radius 3 is 2.12 bits per heavy atom. The summed E-state index contributed by atoms with van der Waals surface area (Å²) in [7, 11) is 4.55. The summed E-state index contributed by atoms with van der Waals surface area (Å²) < 4.78 is 17.5. The summed E-state index contributed by atoms with van der Waals surface area (Å²) in [4.78, 5) is 12.8. The van der Waals surface area contributed by atoms with Crippen LogP contribution < -0.4 is 14.2 Å². The molecule has 1 aromatic heterocycles. The molecular weight excluding hydrogens is 320 g/mol. The fraction of sp³-hybridized carbons (Fsp3) is 0.158. The lowest BCUT2D eigenvalue weighted by Crippen LogP contribution is -2.03. The molecule has 0 saturated carbocycles. The normalized spacial score (nSPS) is 10.4. The highest BCUT2D eigenvalue weighted by atomic mass is 16.5. The van der Waals surface area contributed by atoms with Crippen LogP contribution >= 0.6 is 0 Å². The molecule has 0 bridgehead atoms. The average molecular weight is 338 g/mol. The van der Waals surface area contributed by atoms with E-state index >= 15 is 0 Å². The van der Waals surface area contributed by atoms with E-state index in [0.717, 1.165) is 5.69 Å². The van der Waals surface area contributed by atoms with Gasteiger partial charge in [-0.2, -0.15) is 5.10 Å². The quantitative estimate of drug-likeness (QED) is 0.646. The molecule has 6 nitrogen and oxygen atoms in total. The molecule has 128 valence electrons. The maximum Gasteiger partial charge on any atom is 0.203 e. The van der Waals surface area contributed by atoms with Gasteiger partial charge < -0.3 is 14.2 Å². The zero-order valence-electron chi connectivity index (χ0n) is 14.2. The minimum absolute atomic E-state index is 0.179. The molecule has 3 aromatic rings. The van der Waals surface area contributed by atoms with Crippen molar-refractivity contribution in [1.29, 1.82) is 0 Å². The van der Waals surface area contributed by atoms with Gasteiger partial charge in [-0.1, -0.05) is 18.2 Å². The molecular formula is C19H18N2O4. The number of carbonyl (C=O) groups is 1. The molecule has 0 atom stereocenters. The van der Waals surface area contributed by atoms with Gasteiger partial charge in [0.05, 0.1) is 38.8 Å². The first-order chi connectivity index (χ1) is 12.2. The molecule has 0 aliphatic heterocycles. The third-order valence-electron chi connectivity index (χ3n) is 3.79. The molecule has 0 radical (unpaired) electrons. The first-order valence-corrected chi connectivity index (χ1v) is 7.62. The lowest BCUT2D eigenvalue weighted by atomic mass is 10.1. The Kier molecular flexibility index (Phi) is 4.70. The van der Waals surface area contributed by atoms with Gasteiger partial charge in [-0.15, -0.1) is 0 Å². The number of benzene rings is 2. The van der Waals surface area contributed by atoms with Crippen LogP contribution in [0.2, 0.25) is 0 Å². The SMILES string of the molecule is COc1cc(C(=O)c2cnn(-c3ccccc3)c2)cc(OC)c1OC. The Morgan fingerprint density at radius 2 is 1.56 bits per heavy atom. The molecule has 0 spiro atoms. The molecule has 0 amide bonds. The van der Waals surface area contributed by atoms with Gasteiger partial charge in [-0.3, -0.25) is 4.79 Å². The summed E-state index contributed by atoms with van der Waals surface area (Å²) in [5, 5.41) is 4.26. The minimum Gasteiger partial charge on any atom is -0.493 e. The van der Waals surface area contributed by atoms with Crippen molar-refractivity contribution in [2.45, 2.75) is 0 Å². The summed E-state index contributed by atoms with van der Waals surface area (Å²) in [5.41, 5.74) is 1.78. The van der Waals surface area contributed by atoms with Crippen LogP contribution in [0.3, 0.4) is 0 Å². The Labute approximate surface area is 145 Å². The molecule has 0 fully saturated rings. The van der Waals surface area contributed by atoms with E-state index in [0.29, 0.717) is 28.4 Å². The molecule has 2 aromatic carbocycles. The predicted molar refractivity (Wildman–Crippen MR) is 93.1 cm³/mol. The zero-order valence-corrected chi connectivity index (χ0v) is 14.2. The summed E-state index contributed by atoms with van der Waals surface area (Å²) in [6.45, 7) is 0. The first-order valence-electron chi connectivity index (χ1n) is 7.62. The third kappa shape index (κ3) is 3.19. The van der Waals surface area contributed by atoms with E-state index in [1.807, 2.05) is 30.3 Å². The highest BCUT2D eigenvalue weighted by Gasteiger charge is 2.19. The first kappa shape index (κ1) is 16.6. The second-order valence-electron chi connectivity index (χ2n) is 5.25. The van der Waals surface area contributed by atoms with Gasteiger partial charge in [0.1, 0.15) is 0 Å². The van der Waals surface area contributed by atoms with Crippen LogP contribution in [-0.2, 0) is 0 Å². The van der Waals surface area contributed by atoms with E-state index in [1.54, 1.807) is 29.2 Å². The van der Waals surface area contributed by atoms with Crippen LogP contribution in [0.25, 0.3) is 5.69 Å². The van der Waals surface area contributed by atoms with E-state index in [1.165, 1.54) is 21.3 Å². The lowest BCUT2D eigenvalue weighted by Gasteiger charge is -2.13. The van der Waals surface area contributed by atoms with Crippen molar-refractivity contribution < 1.29 is 19.0 Å². The number of methoxy groups -OCH3 is 3. The molecule has 0 aliphatic carbocycles. The smallest absolute Gasteiger partial charge is 0.203 e. The monoisotopic (exact) mass is 338 g/mol. The maximum atomic E-state index is 12.8. The topological polar surface area (TPSA) is 62.6 Å². The molecule has 25 heavy (non-hydrogen) atoms. The number of carbonyl (C=O) groups excluding carboxylic acids is 1. The summed E-state index contributed by atoms with van der Waals surface area (Å²) in [6.07, 6.45) is 3.24.